The van der Waals surface area contributed by atoms with Gasteiger partial charge in [0.2, 0.25) is 5.95 Å². The summed E-state index contributed by atoms with van der Waals surface area (Å²) in [4.78, 5) is 8.06. The van der Waals surface area contributed by atoms with Crippen molar-refractivity contribution in [3.8, 4) is 0 Å². The number of nitrogens with one attached hydrogen (secondary N) is 1. The van der Waals surface area contributed by atoms with Crippen LogP contribution in [0.25, 0.3) is 0 Å². The van der Waals surface area contributed by atoms with Crippen molar-refractivity contribution in [3.63, 3.8) is 0 Å². The molecule has 0 spiro atoms. The van der Waals surface area contributed by atoms with Gasteiger partial charge in [-0.15, -0.1) is 0 Å². The number of aliphatic hydroxyl groups excluding tert-OH is 1. The molecule has 6 heteroatoms. The summed E-state index contributed by atoms with van der Waals surface area (Å²) >= 11 is 1.61. The molecule has 0 aromatic carbocycles. The van der Waals surface area contributed by atoms with E-state index in [-0.39, 0.29) is 17.9 Å². The molecule has 0 aliphatic rings. The van der Waals surface area contributed by atoms with Crippen molar-refractivity contribution < 1.29 is 5.11 Å². The van der Waals surface area contributed by atoms with E-state index >= 15 is 0 Å². The topological polar surface area (TPSA) is 84.1 Å². The van der Waals surface area contributed by atoms with Crippen LogP contribution in [0.15, 0.2) is 12.4 Å². The van der Waals surface area contributed by atoms with Gasteiger partial charge in [-0.05, 0) is 13.2 Å². The van der Waals surface area contributed by atoms with Gasteiger partial charge in [0.15, 0.2) is 0 Å². The first-order chi connectivity index (χ1) is 7.17. The largest absolute Gasteiger partial charge is 0.396 e. The zero-order valence-corrected chi connectivity index (χ0v) is 9.66. The van der Waals surface area contributed by atoms with Gasteiger partial charge in [-0.2, -0.15) is 11.8 Å². The molecule has 1 aromatic heterocycles. The van der Waals surface area contributed by atoms with Crippen LogP contribution < -0.4 is 11.1 Å². The molecule has 2 unspecified atom stereocenters. The predicted molar refractivity (Wildman–Crippen MR) is 63.9 cm³/mol. The predicted octanol–water partition coefficient (Wildman–Crippen LogP) is 0.583. The third-order valence-corrected chi connectivity index (χ3v) is 3.23. The fraction of sp³-hybridized carbons (Fsp3) is 0.556. The third-order valence-electron chi connectivity index (χ3n) is 2.07. The van der Waals surface area contributed by atoms with Gasteiger partial charge >= 0.3 is 0 Å². The molecule has 5 nitrogen and oxygen atoms in total. The second-order valence-corrected chi connectivity index (χ2v) is 4.31. The van der Waals surface area contributed by atoms with Gasteiger partial charge in [0, 0.05) is 11.3 Å². The summed E-state index contributed by atoms with van der Waals surface area (Å²) in [5, 5.41) is 12.3. The van der Waals surface area contributed by atoms with Crippen LogP contribution in [0.5, 0.6) is 0 Å². The van der Waals surface area contributed by atoms with Crippen LogP contribution in [0.1, 0.15) is 6.92 Å². The monoisotopic (exact) mass is 228 g/mol. The second kappa shape index (κ2) is 5.77. The Bertz CT molecular complexity index is 289. The van der Waals surface area contributed by atoms with E-state index in [1.807, 2.05) is 13.2 Å². The highest BCUT2D eigenvalue weighted by atomic mass is 32.2. The van der Waals surface area contributed by atoms with Gasteiger partial charge < -0.3 is 16.2 Å². The summed E-state index contributed by atoms with van der Waals surface area (Å²) in [6.07, 6.45) is 5.06. The minimum Gasteiger partial charge on any atom is -0.396 e. The van der Waals surface area contributed by atoms with Gasteiger partial charge in [0.05, 0.1) is 24.7 Å². The lowest BCUT2D eigenvalue weighted by molar-refractivity contribution is 0.288. The Hall–Kier alpha value is -1.01. The summed E-state index contributed by atoms with van der Waals surface area (Å²) < 4.78 is 0. The quantitative estimate of drug-likeness (QED) is 0.684. The highest BCUT2D eigenvalue weighted by Gasteiger charge is 2.15. The minimum atomic E-state index is 0.105. The fourth-order valence-electron chi connectivity index (χ4n) is 1.15. The number of nitrogens with zero attached hydrogens (tertiary/aromatic N) is 2. The zero-order chi connectivity index (χ0) is 11.3. The number of nitrogen functional groups attached to an aromatic ring is 1. The Labute approximate surface area is 93.5 Å². The SMILES string of the molecule is CSC(CO)C(C)Nc1ncc(N)cn1. The lowest BCUT2D eigenvalue weighted by atomic mass is 10.2. The maximum atomic E-state index is 9.10. The first-order valence-electron chi connectivity index (χ1n) is 4.65. The zero-order valence-electron chi connectivity index (χ0n) is 8.84. The number of thioether (sulfide) groups is 1. The van der Waals surface area contributed by atoms with Crippen LogP contribution >= 0.6 is 11.8 Å². The molecule has 1 rings (SSSR count). The van der Waals surface area contributed by atoms with Gasteiger partial charge in [0.1, 0.15) is 0 Å². The molecule has 1 aromatic rings. The van der Waals surface area contributed by atoms with Gasteiger partial charge in [-0.25, -0.2) is 9.97 Å². The van der Waals surface area contributed by atoms with E-state index in [0.29, 0.717) is 11.6 Å². The van der Waals surface area contributed by atoms with Crippen molar-refractivity contribution in [3.05, 3.63) is 12.4 Å². The van der Waals surface area contributed by atoms with E-state index in [9.17, 15) is 0 Å². The van der Waals surface area contributed by atoms with Crippen molar-refractivity contribution >= 4 is 23.4 Å². The Morgan fingerprint density at radius 1 is 1.53 bits per heavy atom. The van der Waals surface area contributed by atoms with Crippen LogP contribution in [0.2, 0.25) is 0 Å². The lowest BCUT2D eigenvalue weighted by Crippen LogP contribution is -2.31. The number of nitrogens with two attached hydrogens (primary N) is 1. The molecule has 0 amide bonds. The maximum Gasteiger partial charge on any atom is 0.222 e. The first kappa shape index (κ1) is 12.1. The second-order valence-electron chi connectivity index (χ2n) is 3.23. The average molecular weight is 228 g/mol. The van der Waals surface area contributed by atoms with Crippen molar-refractivity contribution in [2.24, 2.45) is 0 Å². The molecule has 0 aliphatic carbocycles. The van der Waals surface area contributed by atoms with E-state index in [1.165, 1.54) is 0 Å². The number of rotatable bonds is 5. The van der Waals surface area contributed by atoms with E-state index in [1.54, 1.807) is 24.2 Å². The molecule has 1 heterocycles. The molecule has 0 radical (unpaired) electrons. The summed E-state index contributed by atoms with van der Waals surface area (Å²) in [7, 11) is 0. The molecule has 0 saturated carbocycles. The Kier molecular flexibility index (Phi) is 4.64. The molecule has 4 N–H and O–H groups in total. The smallest absolute Gasteiger partial charge is 0.222 e. The van der Waals surface area contributed by atoms with Crippen LogP contribution in [-0.4, -0.2) is 39.2 Å². The Morgan fingerprint density at radius 2 is 2.13 bits per heavy atom. The highest BCUT2D eigenvalue weighted by molar-refractivity contribution is 7.99. The number of aromatic nitrogens is 2. The number of anilines is 2. The van der Waals surface area contributed by atoms with Crippen LogP contribution in [-0.2, 0) is 0 Å². The first-order valence-corrected chi connectivity index (χ1v) is 5.94. The summed E-state index contributed by atoms with van der Waals surface area (Å²) in [6, 6.07) is 0.105. The van der Waals surface area contributed by atoms with Crippen LogP contribution in [0.3, 0.4) is 0 Å². The molecule has 0 bridgehead atoms. The van der Waals surface area contributed by atoms with Crippen molar-refractivity contribution in [1.82, 2.24) is 9.97 Å². The standard InChI is InChI=1S/C9H16N4OS/c1-6(8(5-14)15-2)13-9-11-3-7(10)4-12-9/h3-4,6,8,14H,5,10H2,1-2H3,(H,11,12,13). The Balaban J connectivity index is 2.57. The minimum absolute atomic E-state index is 0.105. The molecule has 0 fully saturated rings. The van der Waals surface area contributed by atoms with Gasteiger partial charge in [-0.3, -0.25) is 0 Å². The summed E-state index contributed by atoms with van der Waals surface area (Å²) in [6.45, 7) is 2.11. The number of aliphatic hydroxyl groups is 1. The fourth-order valence-corrected chi connectivity index (χ4v) is 1.77. The molecule has 84 valence electrons. The van der Waals surface area contributed by atoms with E-state index in [4.69, 9.17) is 10.8 Å². The normalized spacial score (nSPS) is 14.6. The summed E-state index contributed by atoms with van der Waals surface area (Å²) in [5.74, 6) is 0.532. The molecule has 15 heavy (non-hydrogen) atoms. The Morgan fingerprint density at radius 3 is 2.60 bits per heavy atom. The lowest BCUT2D eigenvalue weighted by Gasteiger charge is -2.20. The number of hydrogen-bond acceptors (Lipinski definition) is 6. The highest BCUT2D eigenvalue weighted by Crippen LogP contribution is 2.13. The number of hydrogen-bond donors (Lipinski definition) is 3. The van der Waals surface area contributed by atoms with E-state index < -0.39 is 0 Å². The van der Waals surface area contributed by atoms with Crippen LogP contribution in [0, 0.1) is 0 Å². The molecule has 2 atom stereocenters. The third kappa shape index (κ3) is 3.56. The van der Waals surface area contributed by atoms with Gasteiger partial charge in [0.25, 0.3) is 0 Å². The molecular formula is C9H16N4OS. The summed E-state index contributed by atoms with van der Waals surface area (Å²) in [5.41, 5.74) is 6.01. The van der Waals surface area contributed by atoms with Crippen molar-refractivity contribution in [2.75, 3.05) is 23.9 Å². The molecular weight excluding hydrogens is 212 g/mol. The van der Waals surface area contributed by atoms with Gasteiger partial charge in [-0.1, -0.05) is 0 Å². The van der Waals surface area contributed by atoms with Crippen molar-refractivity contribution in [2.45, 2.75) is 18.2 Å². The molecule has 0 aliphatic heterocycles. The van der Waals surface area contributed by atoms with Crippen LogP contribution in [0.4, 0.5) is 11.6 Å². The maximum absolute atomic E-state index is 9.10. The average Bonchev–Trinajstić information content (AvgIpc) is 2.23. The van der Waals surface area contributed by atoms with E-state index in [2.05, 4.69) is 15.3 Å². The molecule has 0 saturated heterocycles. The van der Waals surface area contributed by atoms with E-state index in [0.717, 1.165) is 0 Å². The van der Waals surface area contributed by atoms with Crippen molar-refractivity contribution in [1.29, 1.82) is 0 Å².